The third kappa shape index (κ3) is 2.67. The highest BCUT2D eigenvalue weighted by atomic mass is 32.2. The van der Waals surface area contributed by atoms with Crippen molar-refractivity contribution in [3.63, 3.8) is 0 Å². The molecule has 6 heteroatoms. The first-order chi connectivity index (χ1) is 11.3. The molecular formula is C18H21N3O2S. The summed E-state index contributed by atoms with van der Waals surface area (Å²) in [5.74, 6) is 0.00396. The van der Waals surface area contributed by atoms with Gasteiger partial charge in [0.25, 0.3) is 10.0 Å². The van der Waals surface area contributed by atoms with Gasteiger partial charge in [-0.1, -0.05) is 29.8 Å². The third-order valence-electron chi connectivity index (χ3n) is 4.49. The second-order valence-electron chi connectivity index (χ2n) is 6.08. The van der Waals surface area contributed by atoms with Crippen molar-refractivity contribution >= 4 is 21.7 Å². The molecule has 0 aliphatic carbocycles. The summed E-state index contributed by atoms with van der Waals surface area (Å²) in [5.41, 5.74) is 4.08. The smallest absolute Gasteiger partial charge is 0.266 e. The van der Waals surface area contributed by atoms with Gasteiger partial charge in [0.05, 0.1) is 11.4 Å². The number of nitrogens with zero attached hydrogens (tertiary/aromatic N) is 2. The van der Waals surface area contributed by atoms with Crippen LogP contribution in [0.2, 0.25) is 0 Å². The zero-order chi connectivity index (χ0) is 17.5. The maximum Gasteiger partial charge on any atom is 0.266 e. The predicted molar refractivity (Wildman–Crippen MR) is 96.1 cm³/mol. The van der Waals surface area contributed by atoms with E-state index in [1.807, 2.05) is 39.0 Å². The highest BCUT2D eigenvalue weighted by Gasteiger charge is 2.36. The Balaban J connectivity index is 1.94. The summed E-state index contributed by atoms with van der Waals surface area (Å²) in [7, 11) is -3.70. The third-order valence-corrected chi connectivity index (χ3v) is 6.30. The fourth-order valence-corrected chi connectivity index (χ4v) is 4.25. The minimum absolute atomic E-state index is 0.00396. The Morgan fingerprint density at radius 3 is 2.29 bits per heavy atom. The first-order valence-electron chi connectivity index (χ1n) is 7.84. The van der Waals surface area contributed by atoms with E-state index in [0.717, 1.165) is 22.4 Å². The topological polar surface area (TPSA) is 64.5 Å². The molecule has 2 aromatic rings. The van der Waals surface area contributed by atoms with Crippen LogP contribution in [-0.4, -0.2) is 31.8 Å². The Hall–Kier alpha value is -2.34. The Morgan fingerprint density at radius 1 is 0.958 bits per heavy atom. The van der Waals surface area contributed by atoms with Gasteiger partial charge in [-0.15, -0.1) is 0 Å². The minimum atomic E-state index is -3.70. The number of anilines is 1. The van der Waals surface area contributed by atoms with E-state index in [2.05, 4.69) is 0 Å². The molecule has 3 rings (SSSR count). The molecule has 1 saturated heterocycles. The van der Waals surface area contributed by atoms with Gasteiger partial charge in [0.2, 0.25) is 5.96 Å². The average molecular weight is 343 g/mol. The highest BCUT2D eigenvalue weighted by molar-refractivity contribution is 7.89. The van der Waals surface area contributed by atoms with Crippen molar-refractivity contribution in [2.24, 2.45) is 0 Å². The van der Waals surface area contributed by atoms with E-state index in [9.17, 15) is 8.42 Å². The summed E-state index contributed by atoms with van der Waals surface area (Å²) in [6.07, 6.45) is 0. The van der Waals surface area contributed by atoms with Crippen molar-refractivity contribution in [3.8, 4) is 0 Å². The Bertz CT molecular complexity index is 889. The lowest BCUT2D eigenvalue weighted by Crippen LogP contribution is -2.37. The van der Waals surface area contributed by atoms with Crippen LogP contribution in [-0.2, 0) is 10.0 Å². The molecule has 0 saturated carbocycles. The highest BCUT2D eigenvalue weighted by Crippen LogP contribution is 2.28. The number of hydrogen-bond acceptors (Lipinski definition) is 3. The summed E-state index contributed by atoms with van der Waals surface area (Å²) >= 11 is 0. The first kappa shape index (κ1) is 16.5. The fourth-order valence-electron chi connectivity index (χ4n) is 2.87. The minimum Gasteiger partial charge on any atom is -0.310 e. The number of guanidine groups is 1. The van der Waals surface area contributed by atoms with Crippen molar-refractivity contribution < 1.29 is 8.42 Å². The number of hydrogen-bond donors (Lipinski definition) is 1. The molecule has 2 aromatic carbocycles. The molecule has 0 atom stereocenters. The number of aryl methyl sites for hydroxylation is 2. The van der Waals surface area contributed by atoms with Gasteiger partial charge >= 0.3 is 0 Å². The van der Waals surface area contributed by atoms with Gasteiger partial charge in [-0.3, -0.25) is 5.41 Å². The molecule has 0 unspecified atom stereocenters. The van der Waals surface area contributed by atoms with Crippen molar-refractivity contribution in [1.82, 2.24) is 4.31 Å². The average Bonchev–Trinajstić information content (AvgIpc) is 2.93. The van der Waals surface area contributed by atoms with Crippen LogP contribution in [0.25, 0.3) is 0 Å². The second kappa shape index (κ2) is 5.94. The molecule has 1 fully saturated rings. The summed E-state index contributed by atoms with van der Waals surface area (Å²) < 4.78 is 26.9. The van der Waals surface area contributed by atoms with Gasteiger partial charge in [0.1, 0.15) is 0 Å². The van der Waals surface area contributed by atoms with E-state index in [1.54, 1.807) is 29.2 Å². The molecule has 5 nitrogen and oxygen atoms in total. The number of rotatable bonds is 3. The first-order valence-corrected chi connectivity index (χ1v) is 9.28. The molecule has 126 valence electrons. The maximum absolute atomic E-state index is 12.8. The Morgan fingerprint density at radius 2 is 1.62 bits per heavy atom. The van der Waals surface area contributed by atoms with Gasteiger partial charge in [0.15, 0.2) is 0 Å². The van der Waals surface area contributed by atoms with Crippen LogP contribution in [0.1, 0.15) is 16.7 Å². The molecule has 0 spiro atoms. The number of benzene rings is 2. The summed E-state index contributed by atoms with van der Waals surface area (Å²) in [6, 6.07) is 12.6. The number of nitrogens with one attached hydrogen (secondary N) is 1. The largest absolute Gasteiger partial charge is 0.310 e. The van der Waals surface area contributed by atoms with Gasteiger partial charge in [-0.2, -0.15) is 0 Å². The van der Waals surface area contributed by atoms with Crippen LogP contribution >= 0.6 is 0 Å². The summed E-state index contributed by atoms with van der Waals surface area (Å²) in [4.78, 5) is 1.98. The lowest BCUT2D eigenvalue weighted by molar-refractivity contribution is 0.539. The predicted octanol–water partition coefficient (Wildman–Crippen LogP) is 3.06. The quantitative estimate of drug-likeness (QED) is 0.931. The van der Waals surface area contributed by atoms with Crippen molar-refractivity contribution in [1.29, 1.82) is 5.41 Å². The molecule has 1 aliphatic heterocycles. The molecule has 1 N–H and O–H groups in total. The summed E-state index contributed by atoms with van der Waals surface area (Å²) in [6.45, 7) is 6.68. The van der Waals surface area contributed by atoms with Gasteiger partial charge < -0.3 is 4.90 Å². The van der Waals surface area contributed by atoms with Crippen molar-refractivity contribution in [2.45, 2.75) is 25.7 Å². The fraction of sp³-hybridized carbons (Fsp3) is 0.278. The van der Waals surface area contributed by atoms with Crippen molar-refractivity contribution in [3.05, 3.63) is 59.2 Å². The molecule has 0 bridgehead atoms. The second-order valence-corrected chi connectivity index (χ2v) is 7.95. The zero-order valence-corrected chi connectivity index (χ0v) is 14.9. The zero-order valence-electron chi connectivity index (χ0n) is 14.1. The van der Waals surface area contributed by atoms with Crippen LogP contribution in [0, 0.1) is 26.2 Å². The molecule has 0 amide bonds. The van der Waals surface area contributed by atoms with E-state index in [4.69, 9.17) is 5.41 Å². The van der Waals surface area contributed by atoms with Crippen LogP contribution in [0.5, 0.6) is 0 Å². The standard InChI is InChI=1S/C18H21N3O2S/c1-13-7-9-16(10-8-13)24(22,23)21-12-11-20(18(21)19)17-6-4-5-14(2)15(17)3/h4-10,19H,11-12H2,1-3H3. The lowest BCUT2D eigenvalue weighted by atomic mass is 10.1. The SMILES string of the molecule is Cc1ccc(S(=O)(=O)N2CCN(c3cccc(C)c3C)C2=N)cc1. The van der Waals surface area contributed by atoms with Gasteiger partial charge in [-0.25, -0.2) is 12.7 Å². The Kier molecular flexibility index (Phi) is 4.09. The normalized spacial score (nSPS) is 15.2. The number of sulfonamides is 1. The van der Waals surface area contributed by atoms with E-state index in [0.29, 0.717) is 6.54 Å². The molecule has 1 aliphatic rings. The molecule has 0 aromatic heterocycles. The molecule has 0 radical (unpaired) electrons. The molecular weight excluding hydrogens is 322 g/mol. The molecule has 1 heterocycles. The summed E-state index contributed by atoms with van der Waals surface area (Å²) in [5, 5.41) is 8.39. The monoisotopic (exact) mass is 343 g/mol. The van der Waals surface area contributed by atoms with Crippen LogP contribution < -0.4 is 4.90 Å². The van der Waals surface area contributed by atoms with Crippen LogP contribution in [0.4, 0.5) is 5.69 Å². The van der Waals surface area contributed by atoms with Crippen molar-refractivity contribution in [2.75, 3.05) is 18.0 Å². The van der Waals surface area contributed by atoms with Gasteiger partial charge in [0, 0.05) is 12.2 Å². The van der Waals surface area contributed by atoms with E-state index < -0.39 is 10.0 Å². The molecule has 24 heavy (non-hydrogen) atoms. The van der Waals surface area contributed by atoms with Crippen LogP contribution in [0.15, 0.2) is 47.4 Å². The Labute approximate surface area is 143 Å². The maximum atomic E-state index is 12.8. The van der Waals surface area contributed by atoms with Gasteiger partial charge in [-0.05, 0) is 50.1 Å². The van der Waals surface area contributed by atoms with E-state index in [1.165, 1.54) is 4.31 Å². The van der Waals surface area contributed by atoms with Crippen LogP contribution in [0.3, 0.4) is 0 Å². The lowest BCUT2D eigenvalue weighted by Gasteiger charge is -2.23. The van der Waals surface area contributed by atoms with E-state index in [-0.39, 0.29) is 17.4 Å². The van der Waals surface area contributed by atoms with E-state index >= 15 is 0 Å².